The van der Waals surface area contributed by atoms with Crippen molar-refractivity contribution in [1.29, 1.82) is 0 Å². The third-order valence-corrected chi connectivity index (χ3v) is 3.81. The van der Waals surface area contributed by atoms with Crippen LogP contribution in [-0.2, 0) is 4.79 Å². The first kappa shape index (κ1) is 18.8. The number of ether oxygens (including phenoxy) is 1. The number of nitrogens with one attached hydrogen (secondary N) is 1. The highest BCUT2D eigenvalue weighted by atomic mass is 16.6. The molecule has 1 N–H and O–H groups in total. The first-order chi connectivity index (χ1) is 13.5. The van der Waals surface area contributed by atoms with Gasteiger partial charge in [0.25, 0.3) is 5.69 Å². The van der Waals surface area contributed by atoms with Crippen molar-refractivity contribution in [3.8, 4) is 11.5 Å². The van der Waals surface area contributed by atoms with E-state index in [-0.39, 0.29) is 11.6 Å². The molecular formula is C21H17N3O4. The summed E-state index contributed by atoms with van der Waals surface area (Å²) in [6.07, 6.45) is 6.14. The lowest BCUT2D eigenvalue weighted by molar-refractivity contribution is -0.384. The summed E-state index contributed by atoms with van der Waals surface area (Å²) < 4.78 is 5.76. The maximum absolute atomic E-state index is 12.1. The molecule has 3 aromatic rings. The van der Waals surface area contributed by atoms with Crippen LogP contribution in [0, 0.1) is 17.0 Å². The second-order valence-corrected chi connectivity index (χ2v) is 5.95. The highest BCUT2D eigenvalue weighted by molar-refractivity contribution is 6.02. The van der Waals surface area contributed by atoms with Crippen LogP contribution < -0.4 is 10.1 Å². The molecule has 0 aliphatic carbocycles. The highest BCUT2D eigenvalue weighted by Crippen LogP contribution is 2.26. The van der Waals surface area contributed by atoms with E-state index < -0.39 is 4.92 Å². The third kappa shape index (κ3) is 5.01. The van der Waals surface area contributed by atoms with E-state index in [9.17, 15) is 14.9 Å². The van der Waals surface area contributed by atoms with Gasteiger partial charge in [-0.25, -0.2) is 0 Å². The summed E-state index contributed by atoms with van der Waals surface area (Å²) in [7, 11) is 0. The van der Waals surface area contributed by atoms with Gasteiger partial charge in [0.2, 0.25) is 5.91 Å². The highest BCUT2D eigenvalue weighted by Gasteiger charge is 2.06. The number of nitro groups is 1. The molecular weight excluding hydrogens is 358 g/mol. The molecule has 2 aromatic carbocycles. The van der Waals surface area contributed by atoms with Gasteiger partial charge in [0.05, 0.1) is 11.1 Å². The molecule has 0 aliphatic rings. The molecule has 0 atom stereocenters. The van der Waals surface area contributed by atoms with Crippen molar-refractivity contribution in [3.63, 3.8) is 0 Å². The smallest absolute Gasteiger partial charge is 0.270 e. The standard InChI is InChI=1S/C21H17N3O4/c1-15-12-17(8-9-20(15)28-19-6-3-11-22-14-19)23-21(25)10-7-16-4-2-5-18(13-16)24(26)27/h2-14H,1H3,(H,23,25). The summed E-state index contributed by atoms with van der Waals surface area (Å²) in [5, 5.41) is 13.5. The van der Waals surface area contributed by atoms with Crippen LogP contribution in [0.25, 0.3) is 6.08 Å². The number of carbonyl (C=O) groups excluding carboxylic acids is 1. The number of rotatable bonds is 6. The lowest BCUT2D eigenvalue weighted by atomic mass is 10.2. The van der Waals surface area contributed by atoms with E-state index in [4.69, 9.17) is 4.74 Å². The number of amides is 1. The molecule has 28 heavy (non-hydrogen) atoms. The zero-order valence-electron chi connectivity index (χ0n) is 15.0. The predicted octanol–water partition coefficient (Wildman–Crippen LogP) is 4.74. The molecule has 1 amide bonds. The third-order valence-electron chi connectivity index (χ3n) is 3.81. The Balaban J connectivity index is 1.65. The second kappa shape index (κ2) is 8.59. The van der Waals surface area contributed by atoms with Crippen LogP contribution in [0.1, 0.15) is 11.1 Å². The van der Waals surface area contributed by atoms with E-state index in [2.05, 4.69) is 10.3 Å². The summed E-state index contributed by atoms with van der Waals surface area (Å²) in [6.45, 7) is 1.88. The first-order valence-corrected chi connectivity index (χ1v) is 8.43. The number of non-ortho nitro benzene ring substituents is 1. The first-order valence-electron chi connectivity index (χ1n) is 8.43. The lowest BCUT2D eigenvalue weighted by Gasteiger charge is -2.10. The zero-order valence-corrected chi connectivity index (χ0v) is 15.0. The van der Waals surface area contributed by atoms with Crippen molar-refractivity contribution in [1.82, 2.24) is 4.98 Å². The molecule has 1 heterocycles. The molecule has 0 spiro atoms. The van der Waals surface area contributed by atoms with E-state index in [1.807, 2.05) is 6.92 Å². The van der Waals surface area contributed by atoms with Gasteiger partial charge < -0.3 is 10.1 Å². The lowest BCUT2D eigenvalue weighted by Crippen LogP contribution is -2.07. The Bertz CT molecular complexity index is 1030. The Kier molecular flexibility index (Phi) is 5.76. The van der Waals surface area contributed by atoms with Crippen molar-refractivity contribution in [2.75, 3.05) is 5.32 Å². The molecule has 1 aromatic heterocycles. The van der Waals surface area contributed by atoms with E-state index >= 15 is 0 Å². The monoisotopic (exact) mass is 375 g/mol. The molecule has 7 heteroatoms. The van der Waals surface area contributed by atoms with Crippen LogP contribution >= 0.6 is 0 Å². The summed E-state index contributed by atoms with van der Waals surface area (Å²) in [6, 6.07) is 14.9. The molecule has 0 radical (unpaired) electrons. The van der Waals surface area contributed by atoms with Gasteiger partial charge in [-0.05, 0) is 54.5 Å². The van der Waals surface area contributed by atoms with Crippen LogP contribution in [-0.4, -0.2) is 15.8 Å². The summed E-state index contributed by atoms with van der Waals surface area (Å²) >= 11 is 0. The van der Waals surface area contributed by atoms with Gasteiger partial charge >= 0.3 is 0 Å². The van der Waals surface area contributed by atoms with Gasteiger partial charge in [0, 0.05) is 30.1 Å². The van der Waals surface area contributed by atoms with Crippen LogP contribution in [0.3, 0.4) is 0 Å². The van der Waals surface area contributed by atoms with Crippen LogP contribution in [0.2, 0.25) is 0 Å². The van der Waals surface area contributed by atoms with E-state index in [1.54, 1.807) is 54.9 Å². The molecule has 7 nitrogen and oxygen atoms in total. The molecule has 0 bridgehead atoms. The van der Waals surface area contributed by atoms with Gasteiger partial charge in [0.1, 0.15) is 11.5 Å². The number of carbonyl (C=O) groups is 1. The van der Waals surface area contributed by atoms with E-state index in [0.29, 0.717) is 22.7 Å². The van der Waals surface area contributed by atoms with Crippen LogP contribution in [0.5, 0.6) is 11.5 Å². The zero-order chi connectivity index (χ0) is 19.9. The fraction of sp³-hybridized carbons (Fsp3) is 0.0476. The Morgan fingerprint density at radius 1 is 1.18 bits per heavy atom. The van der Waals surface area contributed by atoms with Gasteiger partial charge in [-0.15, -0.1) is 0 Å². The normalized spacial score (nSPS) is 10.6. The van der Waals surface area contributed by atoms with Crippen molar-refractivity contribution in [2.24, 2.45) is 0 Å². The fourth-order valence-electron chi connectivity index (χ4n) is 2.47. The topological polar surface area (TPSA) is 94.4 Å². The number of anilines is 1. The Labute approximate surface area is 161 Å². The fourth-order valence-corrected chi connectivity index (χ4v) is 2.47. The Morgan fingerprint density at radius 3 is 2.75 bits per heavy atom. The number of pyridine rings is 1. The Hall–Kier alpha value is -4.00. The number of nitro benzene ring substituents is 1. The Morgan fingerprint density at radius 2 is 2.04 bits per heavy atom. The second-order valence-electron chi connectivity index (χ2n) is 5.95. The number of benzene rings is 2. The molecule has 0 saturated carbocycles. The summed E-state index contributed by atoms with van der Waals surface area (Å²) in [4.78, 5) is 26.4. The van der Waals surface area contributed by atoms with Crippen molar-refractivity contribution in [2.45, 2.75) is 6.92 Å². The molecule has 140 valence electrons. The average molecular weight is 375 g/mol. The minimum atomic E-state index is -0.477. The number of aryl methyl sites for hydroxylation is 1. The van der Waals surface area contributed by atoms with Gasteiger partial charge in [0.15, 0.2) is 0 Å². The quantitative estimate of drug-likeness (QED) is 0.381. The van der Waals surface area contributed by atoms with Crippen molar-refractivity contribution < 1.29 is 14.5 Å². The van der Waals surface area contributed by atoms with Gasteiger partial charge in [-0.3, -0.25) is 19.9 Å². The maximum Gasteiger partial charge on any atom is 0.270 e. The molecule has 0 saturated heterocycles. The SMILES string of the molecule is Cc1cc(NC(=O)C=Cc2cccc([N+](=O)[O-])c2)ccc1Oc1cccnc1. The molecule has 0 fully saturated rings. The summed E-state index contributed by atoms with van der Waals surface area (Å²) in [5.74, 6) is 0.951. The number of aromatic nitrogens is 1. The van der Waals surface area contributed by atoms with Crippen LogP contribution in [0.15, 0.2) is 73.1 Å². The average Bonchev–Trinajstić information content (AvgIpc) is 2.69. The molecule has 0 unspecified atom stereocenters. The number of hydrogen-bond donors (Lipinski definition) is 1. The number of hydrogen-bond acceptors (Lipinski definition) is 5. The number of nitrogens with zero attached hydrogens (tertiary/aromatic N) is 2. The van der Waals surface area contributed by atoms with Gasteiger partial charge in [-0.1, -0.05) is 12.1 Å². The molecule has 0 aliphatic heterocycles. The summed E-state index contributed by atoms with van der Waals surface area (Å²) in [5.41, 5.74) is 2.01. The van der Waals surface area contributed by atoms with E-state index in [0.717, 1.165) is 5.56 Å². The minimum Gasteiger partial charge on any atom is -0.455 e. The molecule has 3 rings (SSSR count). The van der Waals surface area contributed by atoms with Gasteiger partial charge in [-0.2, -0.15) is 0 Å². The minimum absolute atomic E-state index is 0.0256. The maximum atomic E-state index is 12.1. The van der Waals surface area contributed by atoms with Crippen molar-refractivity contribution >= 4 is 23.4 Å². The predicted molar refractivity (Wildman–Crippen MR) is 106 cm³/mol. The largest absolute Gasteiger partial charge is 0.455 e. The van der Waals surface area contributed by atoms with E-state index in [1.165, 1.54) is 24.3 Å². The van der Waals surface area contributed by atoms with Crippen molar-refractivity contribution in [3.05, 3.63) is 94.3 Å². The van der Waals surface area contributed by atoms with Crippen LogP contribution in [0.4, 0.5) is 11.4 Å².